The van der Waals surface area contributed by atoms with Crippen LogP contribution in [-0.4, -0.2) is 38.3 Å². The lowest BCUT2D eigenvalue weighted by Gasteiger charge is -2.25. The number of halogens is 2. The first-order valence-electron chi connectivity index (χ1n) is 5.89. The van der Waals surface area contributed by atoms with Crippen molar-refractivity contribution >= 4 is 12.4 Å². The standard InChI is InChI=1S/C13H21FN2O.ClH/c1-11(12-5-3-4-6-13(12)14)16(2)8-10-17-9-7-15;/h3-6,11H,7-10,15H2,1-2H3;1H. The summed E-state index contributed by atoms with van der Waals surface area (Å²) in [6, 6.07) is 6.91. The fraction of sp³-hybridized carbons (Fsp3) is 0.538. The summed E-state index contributed by atoms with van der Waals surface area (Å²) >= 11 is 0. The molecule has 0 radical (unpaired) electrons. The Hall–Kier alpha value is -0.680. The topological polar surface area (TPSA) is 38.5 Å². The fourth-order valence-corrected chi connectivity index (χ4v) is 1.64. The van der Waals surface area contributed by atoms with Gasteiger partial charge in [-0.25, -0.2) is 4.39 Å². The van der Waals surface area contributed by atoms with Crippen LogP contribution in [0, 0.1) is 5.82 Å². The molecule has 104 valence electrons. The number of benzene rings is 1. The van der Waals surface area contributed by atoms with Gasteiger partial charge in [-0.05, 0) is 20.0 Å². The summed E-state index contributed by atoms with van der Waals surface area (Å²) in [6.45, 7) is 4.47. The van der Waals surface area contributed by atoms with E-state index in [-0.39, 0.29) is 24.3 Å². The first-order valence-corrected chi connectivity index (χ1v) is 5.89. The Morgan fingerprint density at radius 2 is 2.00 bits per heavy atom. The van der Waals surface area contributed by atoms with Crippen molar-refractivity contribution in [1.29, 1.82) is 0 Å². The average molecular weight is 277 g/mol. The van der Waals surface area contributed by atoms with Crippen LogP contribution in [0.5, 0.6) is 0 Å². The Morgan fingerprint density at radius 1 is 1.33 bits per heavy atom. The largest absolute Gasteiger partial charge is 0.379 e. The molecule has 3 nitrogen and oxygen atoms in total. The molecule has 2 N–H and O–H groups in total. The van der Waals surface area contributed by atoms with E-state index in [0.717, 1.165) is 6.54 Å². The number of rotatable bonds is 7. The Bertz CT molecular complexity index is 339. The summed E-state index contributed by atoms with van der Waals surface area (Å²) in [6.07, 6.45) is 0. The van der Waals surface area contributed by atoms with Crippen molar-refractivity contribution in [2.24, 2.45) is 5.73 Å². The summed E-state index contributed by atoms with van der Waals surface area (Å²) < 4.78 is 18.9. The quantitative estimate of drug-likeness (QED) is 0.776. The third-order valence-corrected chi connectivity index (χ3v) is 2.87. The maximum atomic E-state index is 13.6. The second-order valence-electron chi connectivity index (χ2n) is 4.08. The minimum atomic E-state index is -0.158. The van der Waals surface area contributed by atoms with E-state index < -0.39 is 0 Å². The van der Waals surface area contributed by atoms with Gasteiger partial charge in [0, 0.05) is 24.7 Å². The van der Waals surface area contributed by atoms with Crippen molar-refractivity contribution in [3.63, 3.8) is 0 Å². The molecule has 0 fully saturated rings. The molecule has 0 aliphatic rings. The van der Waals surface area contributed by atoms with Crippen LogP contribution in [0.15, 0.2) is 24.3 Å². The normalized spacial score (nSPS) is 12.3. The van der Waals surface area contributed by atoms with E-state index >= 15 is 0 Å². The molecule has 1 rings (SSSR count). The Balaban J connectivity index is 0.00000289. The van der Waals surface area contributed by atoms with Gasteiger partial charge in [0.25, 0.3) is 0 Å². The molecule has 18 heavy (non-hydrogen) atoms. The fourth-order valence-electron chi connectivity index (χ4n) is 1.64. The molecule has 1 unspecified atom stereocenters. The predicted molar refractivity (Wildman–Crippen MR) is 74.6 cm³/mol. The lowest BCUT2D eigenvalue weighted by Crippen LogP contribution is -2.27. The molecule has 0 aromatic heterocycles. The van der Waals surface area contributed by atoms with Gasteiger partial charge < -0.3 is 10.5 Å². The van der Waals surface area contributed by atoms with Crippen LogP contribution in [0.25, 0.3) is 0 Å². The number of hydrogen-bond acceptors (Lipinski definition) is 3. The van der Waals surface area contributed by atoms with Gasteiger partial charge in [-0.3, -0.25) is 4.90 Å². The van der Waals surface area contributed by atoms with Gasteiger partial charge in [0.1, 0.15) is 5.82 Å². The molecule has 0 amide bonds. The molecule has 0 bridgehead atoms. The molecule has 0 saturated heterocycles. The number of nitrogens with two attached hydrogens (primary N) is 1. The van der Waals surface area contributed by atoms with E-state index in [1.54, 1.807) is 6.07 Å². The lowest BCUT2D eigenvalue weighted by atomic mass is 10.1. The molecular formula is C13H22ClFN2O. The second-order valence-corrected chi connectivity index (χ2v) is 4.08. The van der Waals surface area contributed by atoms with Crippen LogP contribution in [0.1, 0.15) is 18.5 Å². The zero-order chi connectivity index (χ0) is 12.7. The van der Waals surface area contributed by atoms with Gasteiger partial charge in [-0.1, -0.05) is 18.2 Å². The Kier molecular flexibility index (Phi) is 8.93. The Morgan fingerprint density at radius 3 is 2.61 bits per heavy atom. The third-order valence-electron chi connectivity index (χ3n) is 2.87. The van der Waals surface area contributed by atoms with E-state index in [1.165, 1.54) is 6.07 Å². The highest BCUT2D eigenvalue weighted by Crippen LogP contribution is 2.20. The molecular weight excluding hydrogens is 255 g/mol. The van der Waals surface area contributed by atoms with Crippen molar-refractivity contribution in [3.05, 3.63) is 35.6 Å². The molecule has 0 aliphatic carbocycles. The number of nitrogens with zero attached hydrogens (tertiary/aromatic N) is 1. The first kappa shape index (κ1) is 17.3. The van der Waals surface area contributed by atoms with Gasteiger partial charge in [0.15, 0.2) is 0 Å². The van der Waals surface area contributed by atoms with Gasteiger partial charge in [-0.2, -0.15) is 0 Å². The van der Waals surface area contributed by atoms with Gasteiger partial charge in [-0.15, -0.1) is 12.4 Å². The van der Waals surface area contributed by atoms with Crippen molar-refractivity contribution in [2.45, 2.75) is 13.0 Å². The highest BCUT2D eigenvalue weighted by atomic mass is 35.5. The summed E-state index contributed by atoms with van der Waals surface area (Å²) in [5, 5.41) is 0. The van der Waals surface area contributed by atoms with Crippen LogP contribution in [0.2, 0.25) is 0 Å². The van der Waals surface area contributed by atoms with E-state index in [2.05, 4.69) is 4.90 Å². The van der Waals surface area contributed by atoms with Crippen LogP contribution < -0.4 is 5.73 Å². The van der Waals surface area contributed by atoms with Crippen LogP contribution in [0.4, 0.5) is 4.39 Å². The van der Waals surface area contributed by atoms with Crippen molar-refractivity contribution < 1.29 is 9.13 Å². The van der Waals surface area contributed by atoms with Gasteiger partial charge >= 0.3 is 0 Å². The summed E-state index contributed by atoms with van der Waals surface area (Å²) in [5.41, 5.74) is 6.04. The lowest BCUT2D eigenvalue weighted by molar-refractivity contribution is 0.105. The molecule has 0 saturated carbocycles. The summed E-state index contributed by atoms with van der Waals surface area (Å²) in [5.74, 6) is -0.158. The minimum Gasteiger partial charge on any atom is -0.379 e. The molecule has 0 aliphatic heterocycles. The molecule has 5 heteroatoms. The van der Waals surface area contributed by atoms with Gasteiger partial charge in [0.2, 0.25) is 0 Å². The zero-order valence-corrected chi connectivity index (χ0v) is 11.8. The molecule has 0 spiro atoms. The van der Waals surface area contributed by atoms with Crippen molar-refractivity contribution in [3.8, 4) is 0 Å². The monoisotopic (exact) mass is 276 g/mol. The molecule has 1 aromatic rings. The van der Waals surface area contributed by atoms with Crippen LogP contribution >= 0.6 is 12.4 Å². The van der Waals surface area contributed by atoms with Crippen LogP contribution in [-0.2, 0) is 4.74 Å². The minimum absolute atomic E-state index is 0. The van der Waals surface area contributed by atoms with Crippen molar-refractivity contribution in [1.82, 2.24) is 4.90 Å². The van der Waals surface area contributed by atoms with E-state index in [9.17, 15) is 4.39 Å². The molecule has 0 heterocycles. The number of ether oxygens (including phenoxy) is 1. The average Bonchev–Trinajstić information content (AvgIpc) is 2.34. The maximum Gasteiger partial charge on any atom is 0.127 e. The first-order chi connectivity index (χ1) is 8.16. The SMILES string of the molecule is CC(c1ccccc1F)N(C)CCOCCN.Cl. The second kappa shape index (κ2) is 9.28. The van der Waals surface area contributed by atoms with E-state index in [0.29, 0.717) is 25.3 Å². The predicted octanol–water partition coefficient (Wildman–Crippen LogP) is 2.22. The third kappa shape index (κ3) is 5.31. The summed E-state index contributed by atoms with van der Waals surface area (Å²) in [7, 11) is 1.96. The number of hydrogen-bond donors (Lipinski definition) is 1. The molecule has 1 aromatic carbocycles. The smallest absolute Gasteiger partial charge is 0.127 e. The summed E-state index contributed by atoms with van der Waals surface area (Å²) in [4.78, 5) is 2.06. The van der Waals surface area contributed by atoms with E-state index in [1.807, 2.05) is 26.1 Å². The van der Waals surface area contributed by atoms with E-state index in [4.69, 9.17) is 10.5 Å². The zero-order valence-electron chi connectivity index (χ0n) is 10.9. The highest BCUT2D eigenvalue weighted by Gasteiger charge is 2.14. The van der Waals surface area contributed by atoms with Gasteiger partial charge in [0.05, 0.1) is 13.2 Å². The highest BCUT2D eigenvalue weighted by molar-refractivity contribution is 5.85. The Labute approximate surface area is 115 Å². The van der Waals surface area contributed by atoms with Crippen LogP contribution in [0.3, 0.4) is 0 Å². The van der Waals surface area contributed by atoms with Crippen molar-refractivity contribution in [2.75, 3.05) is 33.4 Å². The molecule has 1 atom stereocenters. The maximum absolute atomic E-state index is 13.6. The number of likely N-dealkylation sites (N-methyl/N-ethyl adjacent to an activating group) is 1.